The second kappa shape index (κ2) is 5.73. The topological polar surface area (TPSA) is 55.1 Å². The van der Waals surface area contributed by atoms with Gasteiger partial charge in [-0.3, -0.25) is 4.79 Å². The second-order valence-electron chi connectivity index (χ2n) is 3.35. The van der Waals surface area contributed by atoms with Crippen LogP contribution in [-0.4, -0.2) is 12.5 Å². The van der Waals surface area contributed by atoms with E-state index in [0.717, 1.165) is 18.4 Å². The van der Waals surface area contributed by atoms with Gasteiger partial charge in [0.05, 0.1) is 10.7 Å². The molecule has 0 spiro atoms. The van der Waals surface area contributed by atoms with Crippen LogP contribution in [0.25, 0.3) is 0 Å². The summed E-state index contributed by atoms with van der Waals surface area (Å²) in [5.74, 6) is -0.114. The van der Waals surface area contributed by atoms with Crippen LogP contribution in [-0.2, 0) is 11.2 Å². The number of carbonyl (C=O) groups is 1. The maximum Gasteiger partial charge on any atom is 0.221 e. The lowest BCUT2D eigenvalue weighted by atomic mass is 10.1. The summed E-state index contributed by atoms with van der Waals surface area (Å²) >= 11 is 6.01. The van der Waals surface area contributed by atoms with E-state index in [4.69, 9.17) is 17.3 Å². The third kappa shape index (κ3) is 3.53. The summed E-state index contributed by atoms with van der Waals surface area (Å²) in [4.78, 5) is 11.0. The van der Waals surface area contributed by atoms with Crippen LogP contribution in [0.15, 0.2) is 18.2 Å². The van der Waals surface area contributed by atoms with Gasteiger partial charge in [0.25, 0.3) is 0 Å². The number of benzene rings is 1. The van der Waals surface area contributed by atoms with E-state index in [0.29, 0.717) is 17.3 Å². The highest BCUT2D eigenvalue weighted by Crippen LogP contribution is 2.26. The molecule has 0 saturated heterocycles. The summed E-state index contributed by atoms with van der Waals surface area (Å²) in [7, 11) is 0. The molecule has 0 aromatic heterocycles. The van der Waals surface area contributed by atoms with Gasteiger partial charge in [0.15, 0.2) is 0 Å². The van der Waals surface area contributed by atoms with Gasteiger partial charge in [0.2, 0.25) is 5.91 Å². The Hall–Kier alpha value is -1.06. The van der Waals surface area contributed by atoms with Crippen LogP contribution >= 0.6 is 11.6 Å². The Labute approximate surface area is 94.6 Å². The maximum absolute atomic E-state index is 11.0. The number of aryl methyl sites for hydroxylation is 1. The first kappa shape index (κ1) is 12.0. The minimum absolute atomic E-state index is 0.114. The largest absolute Gasteiger partial charge is 0.330 e. The number of amides is 1. The molecule has 1 amide bonds. The molecular weight excluding hydrogens is 212 g/mol. The Morgan fingerprint density at radius 2 is 2.27 bits per heavy atom. The molecule has 0 unspecified atom stereocenters. The lowest BCUT2D eigenvalue weighted by Gasteiger charge is -2.11. The molecule has 82 valence electrons. The van der Waals surface area contributed by atoms with Gasteiger partial charge in [-0.25, -0.2) is 0 Å². The summed E-state index contributed by atoms with van der Waals surface area (Å²) in [5, 5.41) is 3.31. The number of hydrogen-bond acceptors (Lipinski definition) is 2. The molecule has 0 fully saturated rings. The molecule has 15 heavy (non-hydrogen) atoms. The zero-order chi connectivity index (χ0) is 11.3. The quantitative estimate of drug-likeness (QED) is 0.827. The molecule has 3 nitrogen and oxygen atoms in total. The zero-order valence-corrected chi connectivity index (χ0v) is 9.47. The fraction of sp³-hybridized carbons (Fsp3) is 0.364. The normalized spacial score (nSPS) is 10.1. The lowest BCUT2D eigenvalue weighted by molar-refractivity contribution is -0.114. The number of nitrogens with one attached hydrogen (secondary N) is 1. The van der Waals surface area contributed by atoms with E-state index in [2.05, 4.69) is 5.32 Å². The molecular formula is C11H15ClN2O. The van der Waals surface area contributed by atoms with Crippen molar-refractivity contribution in [3.8, 4) is 0 Å². The van der Waals surface area contributed by atoms with Crippen LogP contribution in [0.4, 0.5) is 5.69 Å². The van der Waals surface area contributed by atoms with Crippen molar-refractivity contribution in [1.82, 2.24) is 0 Å². The molecule has 0 aliphatic rings. The fourth-order valence-corrected chi connectivity index (χ4v) is 1.63. The molecule has 1 aromatic rings. The predicted molar refractivity (Wildman–Crippen MR) is 63.1 cm³/mol. The highest BCUT2D eigenvalue weighted by Gasteiger charge is 2.07. The van der Waals surface area contributed by atoms with E-state index in [1.807, 2.05) is 12.1 Å². The Morgan fingerprint density at radius 3 is 2.87 bits per heavy atom. The zero-order valence-electron chi connectivity index (χ0n) is 8.72. The number of anilines is 1. The van der Waals surface area contributed by atoms with Gasteiger partial charge in [-0.05, 0) is 31.0 Å². The molecule has 0 heterocycles. The first-order chi connectivity index (χ1) is 7.15. The van der Waals surface area contributed by atoms with Crippen LogP contribution < -0.4 is 11.1 Å². The first-order valence-electron chi connectivity index (χ1n) is 4.90. The van der Waals surface area contributed by atoms with Gasteiger partial charge in [-0.2, -0.15) is 0 Å². The smallest absolute Gasteiger partial charge is 0.221 e. The van der Waals surface area contributed by atoms with Crippen molar-refractivity contribution in [3.05, 3.63) is 28.8 Å². The standard InChI is InChI=1S/C11H15ClN2O/c1-8(15)14-11-9(5-3-7-13)4-2-6-10(11)12/h2,4,6H,3,5,7,13H2,1H3,(H,14,15). The average Bonchev–Trinajstić information content (AvgIpc) is 2.18. The summed E-state index contributed by atoms with van der Waals surface area (Å²) < 4.78 is 0. The molecule has 3 N–H and O–H groups in total. The molecule has 0 radical (unpaired) electrons. The molecule has 0 saturated carbocycles. The van der Waals surface area contributed by atoms with E-state index < -0.39 is 0 Å². The molecule has 4 heteroatoms. The Kier molecular flexibility index (Phi) is 4.59. The molecule has 0 atom stereocenters. The van der Waals surface area contributed by atoms with Crippen molar-refractivity contribution in [2.24, 2.45) is 5.73 Å². The number of rotatable bonds is 4. The summed E-state index contributed by atoms with van der Waals surface area (Å²) in [5.41, 5.74) is 7.18. The Morgan fingerprint density at radius 1 is 1.53 bits per heavy atom. The van der Waals surface area contributed by atoms with Crippen LogP contribution in [0.2, 0.25) is 5.02 Å². The van der Waals surface area contributed by atoms with Crippen molar-refractivity contribution >= 4 is 23.2 Å². The SMILES string of the molecule is CC(=O)Nc1c(Cl)cccc1CCCN. The van der Waals surface area contributed by atoms with Gasteiger partial charge < -0.3 is 11.1 Å². The lowest BCUT2D eigenvalue weighted by Crippen LogP contribution is -2.09. The monoisotopic (exact) mass is 226 g/mol. The number of carbonyl (C=O) groups excluding carboxylic acids is 1. The van der Waals surface area contributed by atoms with Crippen LogP contribution in [0.3, 0.4) is 0 Å². The average molecular weight is 227 g/mol. The number of hydrogen-bond donors (Lipinski definition) is 2. The molecule has 0 aliphatic heterocycles. The van der Waals surface area contributed by atoms with Crippen molar-refractivity contribution in [1.29, 1.82) is 0 Å². The van der Waals surface area contributed by atoms with Gasteiger partial charge in [0, 0.05) is 6.92 Å². The van der Waals surface area contributed by atoms with Crippen molar-refractivity contribution in [2.45, 2.75) is 19.8 Å². The first-order valence-corrected chi connectivity index (χ1v) is 5.28. The second-order valence-corrected chi connectivity index (χ2v) is 3.75. The molecule has 1 rings (SSSR count). The highest BCUT2D eigenvalue weighted by atomic mass is 35.5. The van der Waals surface area contributed by atoms with Gasteiger partial charge in [0.1, 0.15) is 0 Å². The Bertz CT molecular complexity index is 352. The number of halogens is 1. The van der Waals surface area contributed by atoms with E-state index in [9.17, 15) is 4.79 Å². The van der Waals surface area contributed by atoms with Crippen LogP contribution in [0, 0.1) is 0 Å². The maximum atomic E-state index is 11.0. The van der Waals surface area contributed by atoms with Crippen molar-refractivity contribution in [2.75, 3.05) is 11.9 Å². The molecule has 0 aliphatic carbocycles. The van der Waals surface area contributed by atoms with E-state index >= 15 is 0 Å². The summed E-state index contributed by atoms with van der Waals surface area (Å²) in [6, 6.07) is 5.59. The third-order valence-corrected chi connectivity index (χ3v) is 2.37. The van der Waals surface area contributed by atoms with Gasteiger partial charge in [-0.1, -0.05) is 23.7 Å². The van der Waals surface area contributed by atoms with Crippen LogP contribution in [0.5, 0.6) is 0 Å². The minimum atomic E-state index is -0.114. The van der Waals surface area contributed by atoms with Gasteiger partial charge >= 0.3 is 0 Å². The van der Waals surface area contributed by atoms with E-state index in [1.54, 1.807) is 6.07 Å². The number of nitrogens with two attached hydrogens (primary N) is 1. The molecule has 0 bridgehead atoms. The van der Waals surface area contributed by atoms with Crippen molar-refractivity contribution < 1.29 is 4.79 Å². The molecule has 1 aromatic carbocycles. The third-order valence-electron chi connectivity index (χ3n) is 2.05. The summed E-state index contributed by atoms with van der Waals surface area (Å²) in [6.45, 7) is 2.10. The number of para-hydroxylation sites is 1. The van der Waals surface area contributed by atoms with E-state index in [-0.39, 0.29) is 5.91 Å². The van der Waals surface area contributed by atoms with E-state index in [1.165, 1.54) is 6.92 Å². The Balaban J connectivity index is 2.92. The van der Waals surface area contributed by atoms with Crippen LogP contribution in [0.1, 0.15) is 18.9 Å². The fourth-order valence-electron chi connectivity index (χ4n) is 1.39. The minimum Gasteiger partial charge on any atom is -0.330 e. The predicted octanol–water partition coefficient (Wildman–Crippen LogP) is 2.19. The van der Waals surface area contributed by atoms with Crippen molar-refractivity contribution in [3.63, 3.8) is 0 Å². The van der Waals surface area contributed by atoms with Gasteiger partial charge in [-0.15, -0.1) is 0 Å². The highest BCUT2D eigenvalue weighted by molar-refractivity contribution is 6.33. The summed E-state index contributed by atoms with van der Waals surface area (Å²) in [6.07, 6.45) is 1.71.